The van der Waals surface area contributed by atoms with Crippen molar-refractivity contribution >= 4 is 57.5 Å². The van der Waals surface area contributed by atoms with Crippen molar-refractivity contribution in [2.24, 2.45) is 10.2 Å². The third kappa shape index (κ3) is 7.08. The fourth-order valence-electron chi connectivity index (χ4n) is 2.22. The fourth-order valence-corrected chi connectivity index (χ4v) is 2.43. The number of nitrogens with one attached hydrogen (secondary N) is 4. The van der Waals surface area contributed by atoms with Gasteiger partial charge < -0.3 is 20.3 Å². The molecule has 2 rings (SSSR count). The molecule has 1 aliphatic rings. The van der Waals surface area contributed by atoms with Crippen LogP contribution >= 0.6 is 24.4 Å². The van der Waals surface area contributed by atoms with Crippen LogP contribution in [0.3, 0.4) is 0 Å². The maximum atomic E-state index is 5.38. The summed E-state index contributed by atoms with van der Waals surface area (Å²) in [6.45, 7) is 7.02. The van der Waals surface area contributed by atoms with Crippen LogP contribution in [0.5, 0.6) is 0 Å². The lowest BCUT2D eigenvalue weighted by molar-refractivity contribution is 0.122. The van der Waals surface area contributed by atoms with Crippen LogP contribution in [0.15, 0.2) is 34.5 Å². The molecular formula is C17H25N7OS2. The van der Waals surface area contributed by atoms with Gasteiger partial charge in [-0.3, -0.25) is 10.9 Å². The Labute approximate surface area is 170 Å². The summed E-state index contributed by atoms with van der Waals surface area (Å²) in [5, 5.41) is 15.1. The van der Waals surface area contributed by atoms with E-state index in [1.54, 1.807) is 7.05 Å². The van der Waals surface area contributed by atoms with Crippen LogP contribution in [-0.4, -0.2) is 55.0 Å². The molecule has 0 aromatic heterocycles. The fraction of sp³-hybridized carbons (Fsp3) is 0.412. The maximum absolute atomic E-state index is 5.38. The summed E-state index contributed by atoms with van der Waals surface area (Å²) in [7, 11) is 1.72. The van der Waals surface area contributed by atoms with Gasteiger partial charge >= 0.3 is 0 Å². The van der Waals surface area contributed by atoms with Gasteiger partial charge in [0.2, 0.25) is 0 Å². The van der Waals surface area contributed by atoms with Gasteiger partial charge in [-0.15, -0.1) is 0 Å². The van der Waals surface area contributed by atoms with E-state index in [0.717, 1.165) is 32.0 Å². The second-order valence-corrected chi connectivity index (χ2v) is 6.61. The zero-order chi connectivity index (χ0) is 19.6. The average molecular weight is 408 g/mol. The summed E-state index contributed by atoms with van der Waals surface area (Å²) in [6, 6.07) is 8.12. The van der Waals surface area contributed by atoms with E-state index in [0.29, 0.717) is 21.6 Å². The number of hydrogen-bond donors (Lipinski definition) is 4. The third-order valence-electron chi connectivity index (χ3n) is 3.90. The number of ether oxygens (including phenoxy) is 1. The van der Waals surface area contributed by atoms with Gasteiger partial charge in [-0.1, -0.05) is 0 Å². The molecule has 1 heterocycles. The van der Waals surface area contributed by atoms with E-state index in [1.165, 1.54) is 5.69 Å². The molecule has 1 aromatic carbocycles. The SMILES string of the molecule is CNC(=S)N/N=C(C)/C(C)=N/NC(=S)Nc1ccc(N2CCOCC2)cc1. The van der Waals surface area contributed by atoms with Crippen molar-refractivity contribution in [3.05, 3.63) is 24.3 Å². The molecule has 1 fully saturated rings. The molecule has 1 aliphatic heterocycles. The van der Waals surface area contributed by atoms with E-state index in [4.69, 9.17) is 29.2 Å². The number of hydrazone groups is 2. The highest BCUT2D eigenvalue weighted by molar-refractivity contribution is 7.80. The van der Waals surface area contributed by atoms with Gasteiger partial charge in [0, 0.05) is 31.5 Å². The summed E-state index contributed by atoms with van der Waals surface area (Å²) in [5.41, 5.74) is 8.98. The van der Waals surface area contributed by atoms with Crippen molar-refractivity contribution in [2.45, 2.75) is 13.8 Å². The molecule has 0 spiro atoms. The van der Waals surface area contributed by atoms with Crippen molar-refractivity contribution in [1.82, 2.24) is 16.2 Å². The second-order valence-electron chi connectivity index (χ2n) is 5.80. The Balaban J connectivity index is 1.84. The number of nitrogens with zero attached hydrogens (tertiary/aromatic N) is 3. The first-order valence-corrected chi connectivity index (χ1v) is 9.37. The molecule has 8 nitrogen and oxygen atoms in total. The molecule has 0 saturated carbocycles. The smallest absolute Gasteiger partial charge is 0.191 e. The summed E-state index contributed by atoms with van der Waals surface area (Å²) in [5.74, 6) is 0. The minimum Gasteiger partial charge on any atom is -0.378 e. The van der Waals surface area contributed by atoms with Gasteiger partial charge in [0.1, 0.15) is 0 Å². The molecule has 0 aliphatic carbocycles. The number of anilines is 2. The maximum Gasteiger partial charge on any atom is 0.191 e. The molecule has 0 amide bonds. The predicted octanol–water partition coefficient (Wildman–Crippen LogP) is 1.66. The molecule has 0 atom stereocenters. The highest BCUT2D eigenvalue weighted by Crippen LogP contribution is 2.18. The Morgan fingerprint density at radius 3 is 2.07 bits per heavy atom. The first-order valence-electron chi connectivity index (χ1n) is 8.56. The normalized spacial score (nSPS) is 15.1. The third-order valence-corrected chi connectivity index (χ3v) is 4.39. The molecule has 4 N–H and O–H groups in total. The number of thiocarbonyl (C=S) groups is 2. The van der Waals surface area contributed by atoms with Crippen molar-refractivity contribution in [3.8, 4) is 0 Å². The molecule has 1 saturated heterocycles. The molecule has 0 unspecified atom stereocenters. The minimum atomic E-state index is 0.403. The standard InChI is InChI=1S/C17H25N7OS2/c1-12(20-22-16(26)18-3)13(2)21-23-17(27)19-14-4-6-15(7-5-14)24-8-10-25-11-9-24/h4-7H,8-11H2,1-3H3,(H2,18,22,26)(H2,19,23,27)/b20-12+,21-13+. The highest BCUT2D eigenvalue weighted by atomic mass is 32.1. The molecule has 1 aromatic rings. The molecular weight excluding hydrogens is 382 g/mol. The van der Waals surface area contributed by atoms with Crippen LogP contribution in [-0.2, 0) is 4.74 Å². The Kier molecular flexibility index (Phi) is 8.37. The van der Waals surface area contributed by atoms with E-state index >= 15 is 0 Å². The summed E-state index contributed by atoms with van der Waals surface area (Å²) in [4.78, 5) is 2.30. The molecule has 146 valence electrons. The molecule has 10 heteroatoms. The van der Waals surface area contributed by atoms with Gasteiger partial charge in [0.05, 0.1) is 24.6 Å². The molecule has 0 bridgehead atoms. The van der Waals surface area contributed by atoms with Crippen LogP contribution in [0, 0.1) is 0 Å². The predicted molar refractivity (Wildman–Crippen MR) is 120 cm³/mol. The highest BCUT2D eigenvalue weighted by Gasteiger charge is 2.10. The van der Waals surface area contributed by atoms with Gasteiger partial charge in [0.15, 0.2) is 10.2 Å². The van der Waals surface area contributed by atoms with Gasteiger partial charge in [0.25, 0.3) is 0 Å². The Morgan fingerprint density at radius 1 is 0.963 bits per heavy atom. The van der Waals surface area contributed by atoms with Gasteiger partial charge in [-0.25, -0.2) is 0 Å². The number of hydrogen-bond acceptors (Lipinski definition) is 6. The van der Waals surface area contributed by atoms with Crippen LogP contribution in [0.25, 0.3) is 0 Å². The summed E-state index contributed by atoms with van der Waals surface area (Å²) in [6.07, 6.45) is 0. The zero-order valence-electron chi connectivity index (χ0n) is 15.7. The average Bonchev–Trinajstić information content (AvgIpc) is 2.71. The van der Waals surface area contributed by atoms with Crippen molar-refractivity contribution < 1.29 is 4.74 Å². The topological polar surface area (TPSA) is 85.3 Å². The van der Waals surface area contributed by atoms with E-state index in [-0.39, 0.29) is 0 Å². The van der Waals surface area contributed by atoms with Crippen LogP contribution in [0.2, 0.25) is 0 Å². The van der Waals surface area contributed by atoms with E-state index < -0.39 is 0 Å². The summed E-state index contributed by atoms with van der Waals surface area (Å²) < 4.78 is 5.38. The van der Waals surface area contributed by atoms with Crippen molar-refractivity contribution in [3.63, 3.8) is 0 Å². The Morgan fingerprint density at radius 2 is 1.52 bits per heavy atom. The number of benzene rings is 1. The van der Waals surface area contributed by atoms with E-state index in [1.807, 2.05) is 26.0 Å². The quantitative estimate of drug-likeness (QED) is 0.333. The van der Waals surface area contributed by atoms with Gasteiger partial charge in [-0.2, -0.15) is 10.2 Å². The molecule has 27 heavy (non-hydrogen) atoms. The number of rotatable bonds is 5. The minimum absolute atomic E-state index is 0.403. The number of morpholine rings is 1. The van der Waals surface area contributed by atoms with Crippen LogP contribution in [0.1, 0.15) is 13.8 Å². The lowest BCUT2D eigenvalue weighted by Crippen LogP contribution is -2.36. The van der Waals surface area contributed by atoms with E-state index in [2.05, 4.69) is 48.7 Å². The van der Waals surface area contributed by atoms with Gasteiger partial charge in [-0.05, 0) is 62.5 Å². The van der Waals surface area contributed by atoms with Crippen molar-refractivity contribution in [1.29, 1.82) is 0 Å². The largest absolute Gasteiger partial charge is 0.378 e. The van der Waals surface area contributed by atoms with Crippen LogP contribution < -0.4 is 26.4 Å². The monoisotopic (exact) mass is 407 g/mol. The summed E-state index contributed by atoms with van der Waals surface area (Å²) >= 11 is 10.2. The van der Waals surface area contributed by atoms with Crippen LogP contribution in [0.4, 0.5) is 11.4 Å². The van der Waals surface area contributed by atoms with E-state index in [9.17, 15) is 0 Å². The molecule has 0 radical (unpaired) electrons. The Bertz CT molecular complexity index is 712. The first-order chi connectivity index (χ1) is 13.0. The zero-order valence-corrected chi connectivity index (χ0v) is 17.3. The second kappa shape index (κ2) is 10.8. The lowest BCUT2D eigenvalue weighted by Gasteiger charge is -2.28. The Hall–Kier alpha value is -2.30. The van der Waals surface area contributed by atoms with Crippen molar-refractivity contribution in [2.75, 3.05) is 43.6 Å². The first kappa shape index (κ1) is 21.0. The lowest BCUT2D eigenvalue weighted by atomic mass is 10.2.